The van der Waals surface area contributed by atoms with Crippen molar-refractivity contribution >= 4 is 29.1 Å². The minimum Gasteiger partial charge on any atom is -0.490 e. The van der Waals surface area contributed by atoms with Crippen LogP contribution in [0.5, 0.6) is 23.3 Å². The van der Waals surface area contributed by atoms with Crippen LogP contribution in [-0.4, -0.2) is 50.8 Å². The molecule has 1 saturated heterocycles. The number of nitrogens with one attached hydrogen (secondary N) is 2. The highest BCUT2D eigenvalue weighted by atomic mass is 32.1. The predicted octanol–water partition coefficient (Wildman–Crippen LogP) is 5.40. The van der Waals surface area contributed by atoms with Gasteiger partial charge in [-0.15, -0.1) is 0 Å². The number of pyridine rings is 2. The Labute approximate surface area is 222 Å². The molecule has 0 bridgehead atoms. The lowest BCUT2D eigenvalue weighted by Gasteiger charge is -2.31. The average Bonchev–Trinajstić information content (AvgIpc) is 2.86. The Balaban J connectivity index is 1.20. The summed E-state index contributed by atoms with van der Waals surface area (Å²) in [6, 6.07) is 16.3. The largest absolute Gasteiger partial charge is 0.490 e. The van der Waals surface area contributed by atoms with E-state index in [1.165, 1.54) is 0 Å². The maximum atomic E-state index is 12.6. The summed E-state index contributed by atoms with van der Waals surface area (Å²) < 4.78 is 17.3. The van der Waals surface area contributed by atoms with Gasteiger partial charge in [-0.25, -0.2) is 14.8 Å². The molecule has 1 aromatic carbocycles. The highest BCUT2D eigenvalue weighted by molar-refractivity contribution is 7.80. The molecule has 3 heterocycles. The number of aromatic nitrogens is 2. The standard InChI is InChI=1S/C27H31N5O4S/c1-27(2,3)31-25(37)30-19-7-12-24(29-18-19)36-26(33)32-16-13-22(14-17-32)34-20-8-10-21(11-9-20)35-23-6-4-5-15-28-23/h4-12,15,18,22H,13-14,16-17H2,1-3H3,(H2,30,31,37). The SMILES string of the molecule is CC(C)(C)NC(=S)Nc1ccc(OC(=O)N2CCC(Oc3ccc(Oc4ccccn4)cc3)CC2)nc1. The van der Waals surface area contributed by atoms with E-state index in [1.54, 1.807) is 35.5 Å². The number of nitrogens with zero attached hydrogens (tertiary/aromatic N) is 3. The number of carbonyl (C=O) groups excluding carboxylic acids is 1. The van der Waals surface area contributed by atoms with Crippen LogP contribution in [0.15, 0.2) is 67.0 Å². The predicted molar refractivity (Wildman–Crippen MR) is 145 cm³/mol. The molecular weight excluding hydrogens is 490 g/mol. The van der Waals surface area contributed by atoms with E-state index in [1.807, 2.05) is 57.2 Å². The molecule has 1 aliphatic rings. The van der Waals surface area contributed by atoms with Gasteiger partial charge in [-0.05, 0) is 69.4 Å². The molecule has 0 atom stereocenters. The fourth-order valence-corrected chi connectivity index (χ4v) is 4.06. The second-order valence-electron chi connectivity index (χ2n) is 9.63. The number of carbonyl (C=O) groups is 1. The normalized spacial score (nSPS) is 14.0. The molecule has 9 nitrogen and oxygen atoms in total. The molecule has 10 heteroatoms. The maximum absolute atomic E-state index is 12.6. The second kappa shape index (κ2) is 11.9. The topological polar surface area (TPSA) is 97.8 Å². The van der Waals surface area contributed by atoms with Gasteiger partial charge in [-0.3, -0.25) is 0 Å². The zero-order valence-electron chi connectivity index (χ0n) is 21.1. The summed E-state index contributed by atoms with van der Waals surface area (Å²) in [4.78, 5) is 22.6. The van der Waals surface area contributed by atoms with Crippen molar-refractivity contribution in [2.75, 3.05) is 18.4 Å². The van der Waals surface area contributed by atoms with Crippen LogP contribution in [-0.2, 0) is 0 Å². The molecule has 3 aromatic rings. The van der Waals surface area contributed by atoms with Crippen LogP contribution in [0.4, 0.5) is 10.5 Å². The molecule has 0 unspecified atom stereocenters. The van der Waals surface area contributed by atoms with Gasteiger partial charge in [0.05, 0.1) is 11.9 Å². The van der Waals surface area contributed by atoms with Gasteiger partial charge < -0.3 is 29.7 Å². The first-order valence-electron chi connectivity index (χ1n) is 12.1. The molecule has 1 amide bonds. The molecule has 1 aliphatic heterocycles. The van der Waals surface area contributed by atoms with Crippen molar-refractivity contribution in [3.63, 3.8) is 0 Å². The molecule has 1 fully saturated rings. The summed E-state index contributed by atoms with van der Waals surface area (Å²) in [5.41, 5.74) is 0.557. The number of amides is 1. The fraction of sp³-hybridized carbons (Fsp3) is 0.333. The molecule has 2 N–H and O–H groups in total. The molecular formula is C27H31N5O4S. The summed E-state index contributed by atoms with van der Waals surface area (Å²) >= 11 is 5.29. The van der Waals surface area contributed by atoms with Gasteiger partial charge in [-0.1, -0.05) is 6.07 Å². The first kappa shape index (κ1) is 26.2. The van der Waals surface area contributed by atoms with Crippen molar-refractivity contribution < 1.29 is 19.0 Å². The van der Waals surface area contributed by atoms with E-state index in [4.69, 9.17) is 26.4 Å². The third kappa shape index (κ3) is 8.32. The highest BCUT2D eigenvalue weighted by Crippen LogP contribution is 2.25. The van der Waals surface area contributed by atoms with E-state index in [0.717, 1.165) is 5.75 Å². The number of piperidine rings is 1. The summed E-state index contributed by atoms with van der Waals surface area (Å²) in [5.74, 6) is 2.21. The van der Waals surface area contributed by atoms with Gasteiger partial charge >= 0.3 is 6.09 Å². The Kier molecular flexibility index (Phi) is 8.39. The first-order chi connectivity index (χ1) is 17.7. The summed E-state index contributed by atoms with van der Waals surface area (Å²) in [6.07, 6.45) is 4.26. The summed E-state index contributed by atoms with van der Waals surface area (Å²) in [7, 11) is 0. The summed E-state index contributed by atoms with van der Waals surface area (Å²) in [6.45, 7) is 7.14. The Morgan fingerprint density at radius 2 is 1.70 bits per heavy atom. The zero-order valence-corrected chi connectivity index (χ0v) is 22.0. The van der Waals surface area contributed by atoms with Gasteiger partial charge in [0, 0.05) is 49.8 Å². The van der Waals surface area contributed by atoms with Gasteiger partial charge in [0.1, 0.15) is 17.6 Å². The Morgan fingerprint density at radius 3 is 2.32 bits per heavy atom. The number of rotatable bonds is 6. The number of thiocarbonyl (C=S) groups is 1. The second-order valence-corrected chi connectivity index (χ2v) is 10.0. The molecule has 0 spiro atoms. The quantitative estimate of drug-likeness (QED) is 0.413. The van der Waals surface area contributed by atoms with Crippen LogP contribution in [0.25, 0.3) is 0 Å². The number of likely N-dealkylation sites (tertiary alicyclic amines) is 1. The lowest BCUT2D eigenvalue weighted by atomic mass is 10.1. The van der Waals surface area contributed by atoms with Crippen molar-refractivity contribution in [3.8, 4) is 23.3 Å². The van der Waals surface area contributed by atoms with Crippen LogP contribution in [0.1, 0.15) is 33.6 Å². The first-order valence-corrected chi connectivity index (χ1v) is 12.5. The minimum absolute atomic E-state index is 0.0145. The Morgan fingerprint density at radius 1 is 0.973 bits per heavy atom. The van der Waals surface area contributed by atoms with E-state index >= 15 is 0 Å². The number of ether oxygens (including phenoxy) is 3. The maximum Gasteiger partial charge on any atom is 0.416 e. The van der Waals surface area contributed by atoms with Crippen molar-refractivity contribution in [2.45, 2.75) is 45.3 Å². The lowest BCUT2D eigenvalue weighted by molar-refractivity contribution is 0.0923. The Bertz CT molecular complexity index is 1180. The van der Waals surface area contributed by atoms with Crippen molar-refractivity contribution in [3.05, 3.63) is 67.0 Å². The molecule has 2 aromatic heterocycles. The van der Waals surface area contributed by atoms with Crippen LogP contribution in [0.2, 0.25) is 0 Å². The number of hydrogen-bond donors (Lipinski definition) is 2. The van der Waals surface area contributed by atoms with Crippen LogP contribution in [0.3, 0.4) is 0 Å². The third-order valence-electron chi connectivity index (χ3n) is 5.36. The van der Waals surface area contributed by atoms with Gasteiger partial charge in [0.25, 0.3) is 0 Å². The monoisotopic (exact) mass is 521 g/mol. The number of hydrogen-bond acceptors (Lipinski definition) is 7. The van der Waals surface area contributed by atoms with Crippen molar-refractivity contribution in [1.82, 2.24) is 20.2 Å². The fourth-order valence-electron chi connectivity index (χ4n) is 3.63. The smallest absolute Gasteiger partial charge is 0.416 e. The van der Waals surface area contributed by atoms with E-state index in [2.05, 4.69) is 20.6 Å². The van der Waals surface area contributed by atoms with Crippen LogP contribution >= 0.6 is 12.2 Å². The molecule has 0 saturated carbocycles. The minimum atomic E-state index is -0.424. The number of anilines is 1. The van der Waals surface area contributed by atoms with Crippen LogP contribution < -0.4 is 24.8 Å². The van der Waals surface area contributed by atoms with E-state index in [9.17, 15) is 4.79 Å². The molecule has 4 rings (SSSR count). The average molecular weight is 522 g/mol. The highest BCUT2D eigenvalue weighted by Gasteiger charge is 2.25. The molecule has 37 heavy (non-hydrogen) atoms. The Hall–Kier alpha value is -3.92. The van der Waals surface area contributed by atoms with Gasteiger partial charge in [0.2, 0.25) is 11.8 Å². The van der Waals surface area contributed by atoms with Gasteiger partial charge in [-0.2, -0.15) is 0 Å². The zero-order chi connectivity index (χ0) is 26.3. The number of benzene rings is 1. The van der Waals surface area contributed by atoms with Crippen molar-refractivity contribution in [1.29, 1.82) is 0 Å². The molecule has 0 aliphatic carbocycles. The van der Waals surface area contributed by atoms with Gasteiger partial charge in [0.15, 0.2) is 5.11 Å². The van der Waals surface area contributed by atoms with E-state index in [-0.39, 0.29) is 17.5 Å². The van der Waals surface area contributed by atoms with E-state index in [0.29, 0.717) is 48.4 Å². The summed E-state index contributed by atoms with van der Waals surface area (Å²) in [5, 5.41) is 6.73. The molecule has 194 valence electrons. The van der Waals surface area contributed by atoms with E-state index < -0.39 is 6.09 Å². The van der Waals surface area contributed by atoms with Crippen molar-refractivity contribution in [2.24, 2.45) is 0 Å². The van der Waals surface area contributed by atoms with Crippen LogP contribution in [0, 0.1) is 0 Å². The third-order valence-corrected chi connectivity index (χ3v) is 5.57. The lowest BCUT2D eigenvalue weighted by Crippen LogP contribution is -2.43. The molecule has 0 radical (unpaired) electrons.